The molecule has 0 bridgehead atoms. The first-order valence-electron chi connectivity index (χ1n) is 9.32. The number of hydrogen-bond donors (Lipinski definition) is 2. The number of carbonyl (C=O) groups is 1. The van der Waals surface area contributed by atoms with Crippen LogP contribution in [-0.4, -0.2) is 23.6 Å². The van der Waals surface area contributed by atoms with Crippen LogP contribution in [-0.2, 0) is 11.3 Å². The first kappa shape index (κ1) is 17.9. The maximum absolute atomic E-state index is 12.7. The number of fused-ring (bicyclic) bond motifs is 1. The highest BCUT2D eigenvalue weighted by molar-refractivity contribution is 7.99. The van der Waals surface area contributed by atoms with Gasteiger partial charge in [0.1, 0.15) is 6.04 Å². The molecule has 1 aliphatic heterocycles. The zero-order chi connectivity index (χ0) is 18.6. The van der Waals surface area contributed by atoms with Crippen molar-refractivity contribution in [2.45, 2.75) is 29.3 Å². The monoisotopic (exact) mass is 378 g/mol. The van der Waals surface area contributed by atoms with Gasteiger partial charge >= 0.3 is 0 Å². The average Bonchev–Trinajstić information content (AvgIpc) is 3.16. The maximum atomic E-state index is 12.7. The smallest absolute Gasteiger partial charge is 0.279 e. The fraction of sp³-hybridized carbons (Fsp3) is 0.227. The number of rotatable bonds is 5. The summed E-state index contributed by atoms with van der Waals surface area (Å²) in [6.45, 7) is 4.62. The Morgan fingerprint density at radius 3 is 2.74 bits per heavy atom. The summed E-state index contributed by atoms with van der Waals surface area (Å²) in [4.78, 5) is 16.3. The second-order valence-corrected chi connectivity index (χ2v) is 8.01. The molecule has 0 saturated carbocycles. The van der Waals surface area contributed by atoms with Crippen molar-refractivity contribution in [2.75, 3.05) is 18.4 Å². The minimum atomic E-state index is 0.0676. The third kappa shape index (κ3) is 4.10. The predicted octanol–water partition coefficient (Wildman–Crippen LogP) is 3.24. The van der Waals surface area contributed by atoms with E-state index in [0.29, 0.717) is 12.6 Å². The van der Waals surface area contributed by atoms with Crippen LogP contribution < -0.4 is 10.2 Å². The Labute approximate surface area is 164 Å². The Balaban J connectivity index is 1.43. The van der Waals surface area contributed by atoms with E-state index in [0.717, 1.165) is 28.6 Å². The van der Waals surface area contributed by atoms with Gasteiger partial charge in [-0.25, -0.2) is 0 Å². The molecule has 2 N–H and O–H groups in total. The number of aromatic nitrogens is 1. The molecule has 2 heterocycles. The molecule has 2 aromatic carbocycles. The minimum Gasteiger partial charge on any atom is -0.341 e. The normalized spacial score (nSPS) is 18.7. The van der Waals surface area contributed by atoms with Gasteiger partial charge in [0, 0.05) is 16.0 Å². The van der Waals surface area contributed by atoms with Gasteiger partial charge in [0.2, 0.25) is 0 Å². The van der Waals surface area contributed by atoms with Gasteiger partial charge in [-0.15, -0.1) is 0 Å². The highest BCUT2D eigenvalue weighted by atomic mass is 32.2. The molecule has 1 amide bonds. The zero-order valence-corrected chi connectivity index (χ0v) is 16.2. The van der Waals surface area contributed by atoms with E-state index in [1.165, 1.54) is 10.6 Å². The number of carbonyl (C=O) groups excluding carboxylic acids is 1. The summed E-state index contributed by atoms with van der Waals surface area (Å²) in [6, 6.07) is 22.8. The van der Waals surface area contributed by atoms with Crippen LogP contribution in [0.1, 0.15) is 18.7 Å². The van der Waals surface area contributed by atoms with Crippen LogP contribution in [0.15, 0.2) is 82.7 Å². The van der Waals surface area contributed by atoms with Crippen molar-refractivity contribution in [1.29, 1.82) is 0 Å². The van der Waals surface area contributed by atoms with Gasteiger partial charge in [-0.3, -0.25) is 4.79 Å². The molecule has 27 heavy (non-hydrogen) atoms. The SMILES string of the molecule is C[C@H]1c2cccn2CC[NH+]1CC(=O)Nc1ccccc1Sc1ccccc1. The molecule has 1 aromatic heterocycles. The van der Waals surface area contributed by atoms with Gasteiger partial charge in [0.25, 0.3) is 5.91 Å². The van der Waals surface area contributed by atoms with E-state index in [1.54, 1.807) is 11.8 Å². The molecule has 0 aliphatic carbocycles. The molecular formula is C22H24N3OS+. The zero-order valence-electron chi connectivity index (χ0n) is 15.4. The summed E-state index contributed by atoms with van der Waals surface area (Å²) in [5.41, 5.74) is 2.19. The Hall–Kier alpha value is -2.50. The van der Waals surface area contributed by atoms with E-state index in [4.69, 9.17) is 0 Å². The highest BCUT2D eigenvalue weighted by Crippen LogP contribution is 2.33. The summed E-state index contributed by atoms with van der Waals surface area (Å²) in [5, 5.41) is 3.13. The Bertz CT molecular complexity index is 922. The average molecular weight is 379 g/mol. The summed E-state index contributed by atoms with van der Waals surface area (Å²) in [6.07, 6.45) is 2.12. The van der Waals surface area contributed by atoms with Crippen molar-refractivity contribution >= 4 is 23.4 Å². The second-order valence-electron chi connectivity index (χ2n) is 6.89. The molecule has 4 nitrogen and oxygen atoms in total. The molecule has 0 radical (unpaired) electrons. The molecule has 1 unspecified atom stereocenters. The van der Waals surface area contributed by atoms with Crippen LogP contribution in [0.5, 0.6) is 0 Å². The van der Waals surface area contributed by atoms with Gasteiger partial charge in [0.05, 0.1) is 24.5 Å². The van der Waals surface area contributed by atoms with Crippen molar-refractivity contribution < 1.29 is 9.69 Å². The van der Waals surface area contributed by atoms with E-state index >= 15 is 0 Å². The molecule has 2 atom stereocenters. The largest absolute Gasteiger partial charge is 0.341 e. The van der Waals surface area contributed by atoms with Crippen LogP contribution >= 0.6 is 11.8 Å². The maximum Gasteiger partial charge on any atom is 0.279 e. The van der Waals surface area contributed by atoms with Crippen molar-refractivity contribution in [3.8, 4) is 0 Å². The number of anilines is 1. The summed E-state index contributed by atoms with van der Waals surface area (Å²) < 4.78 is 2.29. The van der Waals surface area contributed by atoms with E-state index in [2.05, 4.69) is 53.3 Å². The molecule has 4 rings (SSSR count). The van der Waals surface area contributed by atoms with Crippen molar-refractivity contribution in [3.63, 3.8) is 0 Å². The van der Waals surface area contributed by atoms with E-state index in [1.807, 2.05) is 36.4 Å². The van der Waals surface area contributed by atoms with Gasteiger partial charge in [0.15, 0.2) is 6.54 Å². The van der Waals surface area contributed by atoms with Crippen LogP contribution in [0, 0.1) is 0 Å². The quantitative estimate of drug-likeness (QED) is 0.715. The lowest BCUT2D eigenvalue weighted by molar-refractivity contribution is -0.926. The number of amides is 1. The van der Waals surface area contributed by atoms with Crippen molar-refractivity contribution in [3.05, 3.63) is 78.6 Å². The molecular weight excluding hydrogens is 354 g/mol. The Morgan fingerprint density at radius 1 is 1.11 bits per heavy atom. The van der Waals surface area contributed by atoms with Crippen molar-refractivity contribution in [1.82, 2.24) is 4.57 Å². The summed E-state index contributed by atoms with van der Waals surface area (Å²) in [7, 11) is 0. The van der Waals surface area contributed by atoms with Gasteiger partial charge in [-0.2, -0.15) is 0 Å². The topological polar surface area (TPSA) is 38.5 Å². The number of hydrogen-bond acceptors (Lipinski definition) is 2. The Kier molecular flexibility index (Phi) is 5.32. The molecule has 1 aliphatic rings. The number of nitrogens with one attached hydrogen (secondary N) is 2. The fourth-order valence-corrected chi connectivity index (χ4v) is 4.55. The number of quaternary nitrogens is 1. The van der Waals surface area contributed by atoms with E-state index < -0.39 is 0 Å². The predicted molar refractivity (Wildman–Crippen MR) is 109 cm³/mol. The van der Waals surface area contributed by atoms with E-state index in [9.17, 15) is 4.79 Å². The number of benzene rings is 2. The summed E-state index contributed by atoms with van der Waals surface area (Å²) >= 11 is 1.67. The Morgan fingerprint density at radius 2 is 1.89 bits per heavy atom. The first-order valence-corrected chi connectivity index (χ1v) is 10.1. The van der Waals surface area contributed by atoms with E-state index in [-0.39, 0.29) is 5.91 Å². The minimum absolute atomic E-state index is 0.0676. The second kappa shape index (κ2) is 8.03. The standard InChI is InChI=1S/C22H23N3OS/c1-17-20-11-7-13-24(20)14-15-25(17)16-22(26)23-19-10-5-6-12-21(19)27-18-8-3-2-4-9-18/h2-13,17H,14-16H2,1H3,(H,23,26)/p+1/t17-/m0/s1. The van der Waals surface area contributed by atoms with Crippen LogP contribution in [0.4, 0.5) is 5.69 Å². The molecule has 5 heteroatoms. The first-order chi connectivity index (χ1) is 13.2. The van der Waals surface area contributed by atoms with Crippen LogP contribution in [0.3, 0.4) is 0 Å². The number of para-hydroxylation sites is 1. The number of nitrogens with zero attached hydrogens (tertiary/aromatic N) is 1. The fourth-order valence-electron chi connectivity index (χ4n) is 3.63. The molecule has 0 spiro atoms. The third-order valence-corrected chi connectivity index (χ3v) is 6.20. The molecule has 3 aromatic rings. The highest BCUT2D eigenvalue weighted by Gasteiger charge is 2.28. The van der Waals surface area contributed by atoms with Gasteiger partial charge < -0.3 is 14.8 Å². The van der Waals surface area contributed by atoms with Crippen molar-refractivity contribution in [2.24, 2.45) is 0 Å². The lowest BCUT2D eigenvalue weighted by Crippen LogP contribution is -3.14. The van der Waals surface area contributed by atoms with Crippen LogP contribution in [0.2, 0.25) is 0 Å². The summed E-state index contributed by atoms with van der Waals surface area (Å²) in [5.74, 6) is 0.0676. The lowest BCUT2D eigenvalue weighted by atomic mass is 10.1. The molecule has 0 saturated heterocycles. The molecule has 0 fully saturated rings. The van der Waals surface area contributed by atoms with Crippen LogP contribution in [0.25, 0.3) is 0 Å². The molecule has 138 valence electrons. The third-order valence-electron chi connectivity index (χ3n) is 5.11. The van der Waals surface area contributed by atoms with Gasteiger partial charge in [-0.05, 0) is 43.3 Å². The van der Waals surface area contributed by atoms with Gasteiger partial charge in [-0.1, -0.05) is 42.1 Å². The lowest BCUT2D eigenvalue weighted by Gasteiger charge is -2.31.